The molecule has 0 aliphatic carbocycles. The SMILES string of the molecule is CC(C)c1ccc(/C=N\NC(=O)C2OCCc3ccccc32)cc1. The first-order valence-corrected chi connectivity index (χ1v) is 8.27. The van der Waals surface area contributed by atoms with E-state index in [1.807, 2.05) is 36.4 Å². The molecule has 124 valence electrons. The molecule has 1 amide bonds. The molecule has 1 aliphatic heterocycles. The Labute approximate surface area is 142 Å². The number of benzene rings is 2. The van der Waals surface area contributed by atoms with Crippen LogP contribution in [0.2, 0.25) is 0 Å². The van der Waals surface area contributed by atoms with Gasteiger partial charge in [-0.1, -0.05) is 62.4 Å². The normalized spacial score (nSPS) is 17.0. The van der Waals surface area contributed by atoms with Gasteiger partial charge in [-0.3, -0.25) is 4.79 Å². The van der Waals surface area contributed by atoms with Crippen molar-refractivity contribution in [3.63, 3.8) is 0 Å². The molecule has 1 heterocycles. The zero-order valence-electron chi connectivity index (χ0n) is 14.0. The number of nitrogens with zero attached hydrogens (tertiary/aromatic N) is 1. The largest absolute Gasteiger partial charge is 0.363 e. The summed E-state index contributed by atoms with van der Waals surface area (Å²) in [6, 6.07) is 16.0. The van der Waals surface area contributed by atoms with Crippen molar-refractivity contribution >= 4 is 12.1 Å². The van der Waals surface area contributed by atoms with E-state index in [0.29, 0.717) is 12.5 Å². The Kier molecular flexibility index (Phi) is 5.06. The van der Waals surface area contributed by atoms with Gasteiger partial charge in [-0.15, -0.1) is 0 Å². The predicted molar refractivity (Wildman–Crippen MR) is 95.1 cm³/mol. The highest BCUT2D eigenvalue weighted by molar-refractivity contribution is 5.85. The molecule has 1 unspecified atom stereocenters. The van der Waals surface area contributed by atoms with Gasteiger partial charge in [0.2, 0.25) is 0 Å². The first kappa shape index (κ1) is 16.4. The average Bonchev–Trinajstić information content (AvgIpc) is 2.61. The molecule has 0 saturated heterocycles. The van der Waals surface area contributed by atoms with Gasteiger partial charge < -0.3 is 4.74 Å². The number of hydrazone groups is 1. The van der Waals surface area contributed by atoms with Crippen LogP contribution in [-0.2, 0) is 16.0 Å². The number of nitrogens with one attached hydrogen (secondary N) is 1. The second-order valence-corrected chi connectivity index (χ2v) is 6.26. The van der Waals surface area contributed by atoms with Crippen molar-refractivity contribution in [2.45, 2.75) is 32.3 Å². The quantitative estimate of drug-likeness (QED) is 0.691. The molecule has 1 N–H and O–H groups in total. The highest BCUT2D eigenvalue weighted by Crippen LogP contribution is 2.26. The van der Waals surface area contributed by atoms with Gasteiger partial charge in [0.15, 0.2) is 6.10 Å². The van der Waals surface area contributed by atoms with E-state index >= 15 is 0 Å². The molecule has 0 bridgehead atoms. The first-order chi connectivity index (χ1) is 11.6. The molecule has 1 atom stereocenters. The summed E-state index contributed by atoms with van der Waals surface area (Å²) < 4.78 is 5.63. The minimum Gasteiger partial charge on any atom is -0.363 e. The van der Waals surface area contributed by atoms with Gasteiger partial charge in [0.1, 0.15) is 0 Å². The lowest BCUT2D eigenvalue weighted by atomic mass is 9.97. The second kappa shape index (κ2) is 7.41. The van der Waals surface area contributed by atoms with Crippen molar-refractivity contribution in [1.29, 1.82) is 0 Å². The number of carbonyl (C=O) groups excluding carboxylic acids is 1. The summed E-state index contributed by atoms with van der Waals surface area (Å²) >= 11 is 0. The van der Waals surface area contributed by atoms with Crippen molar-refractivity contribution in [1.82, 2.24) is 5.43 Å². The lowest BCUT2D eigenvalue weighted by molar-refractivity contribution is -0.134. The van der Waals surface area contributed by atoms with Gasteiger partial charge in [0, 0.05) is 0 Å². The summed E-state index contributed by atoms with van der Waals surface area (Å²) in [5, 5.41) is 4.06. The molecule has 0 fully saturated rings. The highest BCUT2D eigenvalue weighted by atomic mass is 16.5. The Bertz CT molecular complexity index is 736. The third-order valence-electron chi connectivity index (χ3n) is 4.22. The van der Waals surface area contributed by atoms with Crippen LogP contribution in [0.4, 0.5) is 0 Å². The maximum atomic E-state index is 12.3. The number of amides is 1. The van der Waals surface area contributed by atoms with Gasteiger partial charge in [-0.25, -0.2) is 5.43 Å². The second-order valence-electron chi connectivity index (χ2n) is 6.26. The van der Waals surface area contributed by atoms with E-state index in [2.05, 4.69) is 36.5 Å². The van der Waals surface area contributed by atoms with Crippen LogP contribution in [-0.4, -0.2) is 18.7 Å². The minimum absolute atomic E-state index is 0.239. The van der Waals surface area contributed by atoms with Crippen molar-refractivity contribution in [2.24, 2.45) is 5.10 Å². The van der Waals surface area contributed by atoms with E-state index < -0.39 is 6.10 Å². The Morgan fingerprint density at radius 3 is 2.71 bits per heavy atom. The summed E-state index contributed by atoms with van der Waals surface area (Å²) in [7, 11) is 0. The van der Waals surface area contributed by atoms with Crippen LogP contribution in [0.25, 0.3) is 0 Å². The lowest BCUT2D eigenvalue weighted by Crippen LogP contribution is -2.31. The maximum Gasteiger partial charge on any atom is 0.273 e. The van der Waals surface area contributed by atoms with Crippen molar-refractivity contribution in [3.8, 4) is 0 Å². The smallest absolute Gasteiger partial charge is 0.273 e. The van der Waals surface area contributed by atoms with Gasteiger partial charge in [0.25, 0.3) is 5.91 Å². The third-order valence-corrected chi connectivity index (χ3v) is 4.22. The van der Waals surface area contributed by atoms with E-state index in [1.165, 1.54) is 5.56 Å². The molecule has 4 heteroatoms. The fraction of sp³-hybridized carbons (Fsp3) is 0.300. The van der Waals surface area contributed by atoms with E-state index in [1.54, 1.807) is 6.21 Å². The van der Waals surface area contributed by atoms with E-state index in [4.69, 9.17) is 4.74 Å². The molecule has 2 aromatic carbocycles. The number of fused-ring (bicyclic) bond motifs is 1. The molecular weight excluding hydrogens is 300 g/mol. The summed E-state index contributed by atoms with van der Waals surface area (Å²) in [5.41, 5.74) is 6.91. The first-order valence-electron chi connectivity index (χ1n) is 8.27. The van der Waals surface area contributed by atoms with Gasteiger partial charge >= 0.3 is 0 Å². The van der Waals surface area contributed by atoms with Crippen LogP contribution in [0.1, 0.15) is 48.1 Å². The van der Waals surface area contributed by atoms with Gasteiger partial charge in [0.05, 0.1) is 12.8 Å². The molecule has 0 saturated carbocycles. The minimum atomic E-state index is -0.588. The Morgan fingerprint density at radius 1 is 1.21 bits per heavy atom. The van der Waals surface area contributed by atoms with Crippen molar-refractivity contribution < 1.29 is 9.53 Å². The summed E-state index contributed by atoms with van der Waals surface area (Å²) in [6.07, 6.45) is 1.90. The summed E-state index contributed by atoms with van der Waals surface area (Å²) in [6.45, 7) is 4.87. The maximum absolute atomic E-state index is 12.3. The molecule has 0 spiro atoms. The Balaban J connectivity index is 1.63. The number of hydrogen-bond donors (Lipinski definition) is 1. The molecule has 1 aliphatic rings. The Morgan fingerprint density at radius 2 is 1.96 bits per heavy atom. The van der Waals surface area contributed by atoms with Crippen molar-refractivity contribution in [3.05, 3.63) is 70.8 Å². The third kappa shape index (κ3) is 3.71. The number of carbonyl (C=O) groups is 1. The summed E-state index contributed by atoms with van der Waals surface area (Å²) in [5.74, 6) is 0.261. The monoisotopic (exact) mass is 322 g/mol. The van der Waals surface area contributed by atoms with Crippen LogP contribution in [0.15, 0.2) is 53.6 Å². The Hall–Kier alpha value is -2.46. The van der Waals surface area contributed by atoms with Crippen LogP contribution in [0, 0.1) is 0 Å². The molecular formula is C20H22N2O2. The molecule has 3 rings (SSSR count). The fourth-order valence-corrected chi connectivity index (χ4v) is 2.81. The van der Waals surface area contributed by atoms with Crippen LogP contribution >= 0.6 is 0 Å². The zero-order chi connectivity index (χ0) is 16.9. The van der Waals surface area contributed by atoms with Gasteiger partial charge in [-0.2, -0.15) is 5.10 Å². The topological polar surface area (TPSA) is 50.7 Å². The van der Waals surface area contributed by atoms with Crippen LogP contribution < -0.4 is 5.43 Å². The molecule has 2 aromatic rings. The van der Waals surface area contributed by atoms with Gasteiger partial charge in [-0.05, 0) is 34.6 Å². The predicted octanol–water partition coefficient (Wildman–Crippen LogP) is 3.57. The van der Waals surface area contributed by atoms with E-state index in [0.717, 1.165) is 23.1 Å². The van der Waals surface area contributed by atoms with Crippen LogP contribution in [0.3, 0.4) is 0 Å². The van der Waals surface area contributed by atoms with Crippen molar-refractivity contribution in [2.75, 3.05) is 6.61 Å². The summed E-state index contributed by atoms with van der Waals surface area (Å²) in [4.78, 5) is 12.3. The lowest BCUT2D eigenvalue weighted by Gasteiger charge is -2.24. The average molecular weight is 322 g/mol. The number of ether oxygens (including phenoxy) is 1. The van der Waals surface area contributed by atoms with E-state index in [-0.39, 0.29) is 5.91 Å². The van der Waals surface area contributed by atoms with E-state index in [9.17, 15) is 4.79 Å². The molecule has 0 aromatic heterocycles. The number of hydrogen-bond acceptors (Lipinski definition) is 3. The molecule has 0 radical (unpaired) electrons. The molecule has 4 nitrogen and oxygen atoms in total. The number of rotatable bonds is 4. The molecule has 24 heavy (non-hydrogen) atoms. The zero-order valence-corrected chi connectivity index (χ0v) is 14.0. The van der Waals surface area contributed by atoms with Crippen LogP contribution in [0.5, 0.6) is 0 Å². The fourth-order valence-electron chi connectivity index (χ4n) is 2.81. The highest BCUT2D eigenvalue weighted by Gasteiger charge is 2.26. The standard InChI is InChI=1S/C20H22N2O2/c1-14(2)16-9-7-15(8-10-16)13-21-22-20(23)19-18-6-4-3-5-17(18)11-12-24-19/h3-10,13-14,19H,11-12H2,1-2H3,(H,22,23)/b21-13-.